The Morgan fingerprint density at radius 2 is 1.69 bits per heavy atom. The van der Waals surface area contributed by atoms with Crippen molar-refractivity contribution in [2.24, 2.45) is 10.2 Å². The number of nitrogens with zero attached hydrogens (tertiary/aromatic N) is 4. The highest BCUT2D eigenvalue weighted by Gasteiger charge is 2.23. The van der Waals surface area contributed by atoms with Crippen molar-refractivity contribution in [1.82, 2.24) is 0 Å². The molecule has 0 fully saturated rings. The van der Waals surface area contributed by atoms with Crippen LogP contribution in [0, 0.1) is 17.0 Å². The van der Waals surface area contributed by atoms with Crippen LogP contribution in [0.15, 0.2) is 34.5 Å². The molecule has 2 rings (SSSR count). The van der Waals surface area contributed by atoms with Crippen LogP contribution in [0.3, 0.4) is 0 Å². The fourth-order valence-corrected chi connectivity index (χ4v) is 3.75. The lowest BCUT2D eigenvalue weighted by Crippen LogP contribution is -2.29. The van der Waals surface area contributed by atoms with Crippen LogP contribution >= 0.6 is 11.3 Å². The molecule has 188 valence electrons. The zero-order chi connectivity index (χ0) is 26.0. The normalized spacial score (nSPS) is 10.7. The maximum absolute atomic E-state index is 12.2. The lowest BCUT2D eigenvalue weighted by molar-refractivity contribution is -0.380. The molecule has 0 aliphatic heterocycles. The summed E-state index contributed by atoms with van der Waals surface area (Å²) in [6, 6.07) is 6.36. The van der Waals surface area contributed by atoms with Crippen LogP contribution in [0.25, 0.3) is 0 Å². The molecule has 1 heterocycles. The maximum Gasteiger partial charge on any atom is 0.341 e. The molecule has 0 saturated carbocycles. The second kappa shape index (κ2) is 13.1. The van der Waals surface area contributed by atoms with E-state index >= 15 is 0 Å². The highest BCUT2D eigenvalue weighted by atomic mass is 32.1. The van der Waals surface area contributed by atoms with Crippen molar-refractivity contribution >= 4 is 50.6 Å². The van der Waals surface area contributed by atoms with E-state index in [1.807, 2.05) is 11.0 Å². The molecule has 0 saturated heterocycles. The number of anilines is 1. The van der Waals surface area contributed by atoms with Crippen LogP contribution in [0.1, 0.15) is 35.7 Å². The first kappa shape index (κ1) is 27.4. The monoisotopic (exact) mass is 506 g/mol. The summed E-state index contributed by atoms with van der Waals surface area (Å²) < 4.78 is 14.3. The molecule has 0 amide bonds. The van der Waals surface area contributed by atoms with Crippen LogP contribution < -0.4 is 4.90 Å². The molecule has 0 unspecified atom stereocenters. The van der Waals surface area contributed by atoms with Crippen molar-refractivity contribution in [3.8, 4) is 0 Å². The van der Waals surface area contributed by atoms with Crippen molar-refractivity contribution in [1.29, 1.82) is 0 Å². The largest absolute Gasteiger partial charge is 0.469 e. The van der Waals surface area contributed by atoms with Gasteiger partial charge < -0.3 is 19.1 Å². The number of carbonyl (C=O) groups excluding carboxylic acids is 3. The lowest BCUT2D eigenvalue weighted by atomic mass is 10.1. The van der Waals surface area contributed by atoms with Gasteiger partial charge in [0.1, 0.15) is 5.56 Å². The number of benzene rings is 1. The first-order valence-corrected chi connectivity index (χ1v) is 11.4. The minimum absolute atomic E-state index is 0.0293. The standard InChI is InChI=1S/C22H26N4O8S/c1-5-34-22(29)16-13-18(26(30)31)35-21(16)24-23-17-7-6-15(12-14(17)2)25(10-8-19(27)32-3)11-9-20(28)33-4/h6-7,12-13H,5,8-11H2,1-4H3. The van der Waals surface area contributed by atoms with Crippen molar-refractivity contribution < 1.29 is 33.5 Å². The molecular formula is C22H26N4O8S. The van der Waals surface area contributed by atoms with Crippen LogP contribution in [0.4, 0.5) is 21.4 Å². The Bertz CT molecular complexity index is 1090. The van der Waals surface area contributed by atoms with E-state index in [4.69, 9.17) is 14.2 Å². The Labute approximate surface area is 205 Å². The van der Waals surface area contributed by atoms with Gasteiger partial charge in [-0.05, 0) is 48.9 Å². The van der Waals surface area contributed by atoms with E-state index in [1.54, 1.807) is 26.0 Å². The highest BCUT2D eigenvalue weighted by molar-refractivity contribution is 7.19. The number of thiophene rings is 1. The molecule has 12 nitrogen and oxygen atoms in total. The first-order chi connectivity index (χ1) is 16.7. The fourth-order valence-electron chi connectivity index (χ4n) is 2.96. The molecule has 1 aromatic carbocycles. The molecule has 35 heavy (non-hydrogen) atoms. The predicted octanol–water partition coefficient (Wildman–Crippen LogP) is 4.49. The van der Waals surface area contributed by atoms with Crippen molar-refractivity contribution in [3.63, 3.8) is 0 Å². The van der Waals surface area contributed by atoms with Crippen molar-refractivity contribution in [3.05, 3.63) is 45.5 Å². The number of methoxy groups -OCH3 is 2. The molecule has 0 aliphatic carbocycles. The Morgan fingerprint density at radius 1 is 1.06 bits per heavy atom. The summed E-state index contributed by atoms with van der Waals surface area (Å²) in [5.74, 6) is -1.47. The third-order valence-corrected chi connectivity index (χ3v) is 5.77. The van der Waals surface area contributed by atoms with Crippen LogP contribution in [-0.2, 0) is 23.8 Å². The van der Waals surface area contributed by atoms with Gasteiger partial charge in [0.2, 0.25) is 0 Å². The summed E-state index contributed by atoms with van der Waals surface area (Å²) in [4.78, 5) is 47.7. The van der Waals surface area contributed by atoms with E-state index in [0.717, 1.165) is 28.7 Å². The number of aryl methyl sites for hydroxylation is 1. The predicted molar refractivity (Wildman–Crippen MR) is 128 cm³/mol. The number of hydrogen-bond donors (Lipinski definition) is 0. The Kier molecular flexibility index (Phi) is 10.3. The van der Waals surface area contributed by atoms with Gasteiger partial charge in [0.05, 0.1) is 44.3 Å². The highest BCUT2D eigenvalue weighted by Crippen LogP contribution is 2.38. The second-order valence-electron chi connectivity index (χ2n) is 7.09. The quantitative estimate of drug-likeness (QED) is 0.133. The summed E-state index contributed by atoms with van der Waals surface area (Å²) >= 11 is 0.722. The fraction of sp³-hybridized carbons (Fsp3) is 0.409. The molecular weight excluding hydrogens is 480 g/mol. The smallest absolute Gasteiger partial charge is 0.341 e. The van der Waals surface area contributed by atoms with E-state index in [9.17, 15) is 24.5 Å². The zero-order valence-electron chi connectivity index (χ0n) is 19.8. The Morgan fingerprint density at radius 3 is 2.20 bits per heavy atom. The van der Waals surface area contributed by atoms with Crippen LogP contribution in [0.5, 0.6) is 0 Å². The third-order valence-electron chi connectivity index (χ3n) is 4.80. The number of hydrogen-bond acceptors (Lipinski definition) is 12. The summed E-state index contributed by atoms with van der Waals surface area (Å²) in [5.41, 5.74) is 1.91. The van der Waals surface area contributed by atoms with Gasteiger partial charge in [0.15, 0.2) is 5.00 Å². The summed E-state index contributed by atoms with van der Waals surface area (Å²) in [6.45, 7) is 4.18. The van der Waals surface area contributed by atoms with E-state index < -0.39 is 10.9 Å². The van der Waals surface area contributed by atoms with E-state index in [1.165, 1.54) is 14.2 Å². The molecule has 0 aliphatic rings. The Hall–Kier alpha value is -3.87. The first-order valence-electron chi connectivity index (χ1n) is 10.6. The average molecular weight is 507 g/mol. The van der Waals surface area contributed by atoms with Gasteiger partial charge >= 0.3 is 22.9 Å². The molecule has 0 bridgehead atoms. The SMILES string of the molecule is CCOC(=O)c1cc([N+](=O)[O-])sc1N=Nc1ccc(N(CCC(=O)OC)CCC(=O)OC)cc1C. The van der Waals surface area contributed by atoms with Crippen LogP contribution in [0.2, 0.25) is 0 Å². The molecule has 0 radical (unpaired) electrons. The third kappa shape index (κ3) is 7.84. The van der Waals surface area contributed by atoms with Gasteiger partial charge in [0.25, 0.3) is 0 Å². The van der Waals surface area contributed by atoms with Gasteiger partial charge in [-0.2, -0.15) is 0 Å². The number of carbonyl (C=O) groups is 3. The minimum Gasteiger partial charge on any atom is -0.469 e. The molecule has 2 aromatic rings. The van der Waals surface area contributed by atoms with Crippen LogP contribution in [-0.4, -0.2) is 56.7 Å². The molecule has 0 N–H and O–H groups in total. The van der Waals surface area contributed by atoms with Crippen molar-refractivity contribution in [2.75, 3.05) is 38.8 Å². The van der Waals surface area contributed by atoms with Gasteiger partial charge in [-0.3, -0.25) is 19.7 Å². The molecule has 13 heteroatoms. The summed E-state index contributed by atoms with van der Waals surface area (Å²) in [5, 5.41) is 19.2. The van der Waals surface area contributed by atoms with Gasteiger partial charge in [-0.25, -0.2) is 4.79 Å². The molecule has 0 spiro atoms. The van der Waals surface area contributed by atoms with Gasteiger partial charge in [0, 0.05) is 24.8 Å². The Balaban J connectivity index is 2.29. The summed E-state index contributed by atoms with van der Waals surface area (Å²) in [6.07, 6.45) is 0.262. The number of nitro groups is 1. The maximum atomic E-state index is 12.2. The van der Waals surface area contributed by atoms with E-state index in [-0.39, 0.29) is 47.0 Å². The summed E-state index contributed by atoms with van der Waals surface area (Å²) in [7, 11) is 2.61. The van der Waals surface area contributed by atoms with E-state index in [2.05, 4.69) is 10.2 Å². The second-order valence-corrected chi connectivity index (χ2v) is 8.10. The van der Waals surface area contributed by atoms with Gasteiger partial charge in [-0.1, -0.05) is 0 Å². The number of esters is 3. The minimum atomic E-state index is -0.718. The average Bonchev–Trinajstić information content (AvgIpc) is 3.27. The topological polar surface area (TPSA) is 150 Å². The number of ether oxygens (including phenoxy) is 3. The number of rotatable bonds is 12. The lowest BCUT2D eigenvalue weighted by Gasteiger charge is -2.24. The molecule has 0 atom stereocenters. The zero-order valence-corrected chi connectivity index (χ0v) is 20.6. The van der Waals surface area contributed by atoms with Crippen molar-refractivity contribution in [2.45, 2.75) is 26.7 Å². The molecule has 1 aromatic heterocycles. The number of azo groups is 1. The van der Waals surface area contributed by atoms with E-state index in [0.29, 0.717) is 18.8 Å². The van der Waals surface area contributed by atoms with Gasteiger partial charge in [-0.15, -0.1) is 10.2 Å².